The molecular weight excluding hydrogens is 316 g/mol. The molecular formula is C19H24N4O2. The largest absolute Gasteiger partial charge is 0.497 e. The standard InChI is InChI=1S/C19H24N4O2/c1-12(2)22-18(13-4-7-16(25-3)8-5-13)19(24)23-15-6-9-17(21)14(10-15)11-20/h4-12,18,20,22H,21H2,1-3H3,(H,23,24). The van der Waals surface area contributed by atoms with E-state index in [0.717, 1.165) is 17.5 Å². The van der Waals surface area contributed by atoms with E-state index in [1.54, 1.807) is 25.3 Å². The molecule has 0 radical (unpaired) electrons. The first-order chi connectivity index (χ1) is 11.9. The Hall–Kier alpha value is -2.86. The van der Waals surface area contributed by atoms with Crippen LogP contribution < -0.4 is 21.1 Å². The van der Waals surface area contributed by atoms with Gasteiger partial charge in [0.15, 0.2) is 0 Å². The van der Waals surface area contributed by atoms with Crippen molar-refractivity contribution in [3.63, 3.8) is 0 Å². The van der Waals surface area contributed by atoms with Crippen LogP contribution in [0.4, 0.5) is 11.4 Å². The number of hydrogen-bond donors (Lipinski definition) is 4. The Balaban J connectivity index is 2.24. The Kier molecular flexibility index (Phi) is 6.14. The van der Waals surface area contributed by atoms with Gasteiger partial charge in [-0.1, -0.05) is 12.1 Å². The number of ether oxygens (including phenoxy) is 1. The lowest BCUT2D eigenvalue weighted by molar-refractivity contribution is -0.118. The Bertz CT molecular complexity index is 742. The number of rotatable bonds is 7. The summed E-state index contributed by atoms with van der Waals surface area (Å²) in [4.78, 5) is 12.8. The van der Waals surface area contributed by atoms with Crippen LogP contribution in [0.3, 0.4) is 0 Å². The number of benzene rings is 2. The minimum atomic E-state index is -0.508. The lowest BCUT2D eigenvalue weighted by Gasteiger charge is -2.21. The van der Waals surface area contributed by atoms with E-state index in [1.165, 1.54) is 0 Å². The van der Waals surface area contributed by atoms with Crippen molar-refractivity contribution in [3.05, 3.63) is 53.6 Å². The maximum Gasteiger partial charge on any atom is 0.246 e. The van der Waals surface area contributed by atoms with Gasteiger partial charge < -0.3 is 21.2 Å². The van der Waals surface area contributed by atoms with Crippen molar-refractivity contribution < 1.29 is 9.53 Å². The van der Waals surface area contributed by atoms with Crippen LogP contribution >= 0.6 is 0 Å². The summed E-state index contributed by atoms with van der Waals surface area (Å²) in [5.41, 5.74) is 8.29. The minimum Gasteiger partial charge on any atom is -0.497 e. The van der Waals surface area contributed by atoms with Crippen LogP contribution in [0.15, 0.2) is 42.5 Å². The molecule has 132 valence electrons. The molecule has 1 atom stereocenters. The van der Waals surface area contributed by atoms with Gasteiger partial charge in [0, 0.05) is 29.2 Å². The van der Waals surface area contributed by atoms with E-state index in [2.05, 4.69) is 10.6 Å². The van der Waals surface area contributed by atoms with Gasteiger partial charge in [-0.15, -0.1) is 0 Å². The second-order valence-corrected chi connectivity index (χ2v) is 6.00. The number of carbonyl (C=O) groups excluding carboxylic acids is 1. The van der Waals surface area contributed by atoms with E-state index >= 15 is 0 Å². The van der Waals surface area contributed by atoms with Crippen molar-refractivity contribution in [2.75, 3.05) is 18.2 Å². The topological polar surface area (TPSA) is 100 Å². The number of amides is 1. The Labute approximate surface area is 147 Å². The molecule has 0 saturated carbocycles. The molecule has 0 spiro atoms. The molecule has 0 fully saturated rings. The van der Waals surface area contributed by atoms with Crippen LogP contribution in [-0.2, 0) is 4.79 Å². The molecule has 25 heavy (non-hydrogen) atoms. The van der Waals surface area contributed by atoms with Crippen LogP contribution in [0.25, 0.3) is 0 Å². The van der Waals surface area contributed by atoms with Crippen LogP contribution in [0, 0.1) is 5.41 Å². The van der Waals surface area contributed by atoms with Gasteiger partial charge in [0.25, 0.3) is 0 Å². The van der Waals surface area contributed by atoms with Gasteiger partial charge in [0.05, 0.1) is 7.11 Å². The number of nitrogens with one attached hydrogen (secondary N) is 3. The Morgan fingerprint density at radius 3 is 2.44 bits per heavy atom. The second kappa shape index (κ2) is 8.30. The molecule has 1 amide bonds. The molecule has 0 aromatic heterocycles. The quantitative estimate of drug-likeness (QED) is 0.460. The molecule has 2 aromatic carbocycles. The summed E-state index contributed by atoms with van der Waals surface area (Å²) in [5, 5.41) is 13.5. The number of nitrogens with two attached hydrogens (primary N) is 1. The van der Waals surface area contributed by atoms with Crippen LogP contribution in [-0.4, -0.2) is 25.3 Å². The smallest absolute Gasteiger partial charge is 0.246 e. The average Bonchev–Trinajstić information content (AvgIpc) is 2.61. The fraction of sp³-hybridized carbons (Fsp3) is 0.263. The molecule has 6 nitrogen and oxygen atoms in total. The van der Waals surface area contributed by atoms with Gasteiger partial charge in [-0.25, -0.2) is 0 Å². The van der Waals surface area contributed by atoms with E-state index in [-0.39, 0.29) is 11.9 Å². The first-order valence-corrected chi connectivity index (χ1v) is 8.05. The summed E-state index contributed by atoms with van der Waals surface area (Å²) in [6.07, 6.45) is 1.16. The Morgan fingerprint density at radius 1 is 1.20 bits per heavy atom. The molecule has 5 N–H and O–H groups in total. The first-order valence-electron chi connectivity index (χ1n) is 8.05. The number of anilines is 2. The molecule has 0 heterocycles. The molecule has 2 rings (SSSR count). The molecule has 0 aliphatic rings. The molecule has 2 aromatic rings. The summed E-state index contributed by atoms with van der Waals surface area (Å²) in [7, 11) is 1.60. The highest BCUT2D eigenvalue weighted by molar-refractivity contribution is 5.97. The highest BCUT2D eigenvalue weighted by Crippen LogP contribution is 2.22. The SMILES string of the molecule is COc1ccc(C(NC(C)C)C(=O)Nc2ccc(N)c(C=N)c2)cc1. The molecule has 0 saturated heterocycles. The van der Waals surface area contributed by atoms with Crippen molar-refractivity contribution in [3.8, 4) is 5.75 Å². The van der Waals surface area contributed by atoms with E-state index in [4.69, 9.17) is 15.9 Å². The highest BCUT2D eigenvalue weighted by atomic mass is 16.5. The van der Waals surface area contributed by atoms with E-state index < -0.39 is 6.04 Å². The predicted octanol–water partition coefficient (Wildman–Crippen LogP) is 2.95. The summed E-state index contributed by atoms with van der Waals surface area (Å²) in [6, 6.07) is 12.1. The lowest BCUT2D eigenvalue weighted by Crippen LogP contribution is -2.37. The monoisotopic (exact) mass is 340 g/mol. The summed E-state index contributed by atoms with van der Waals surface area (Å²) in [5.74, 6) is 0.557. The minimum absolute atomic E-state index is 0.126. The molecule has 0 aliphatic heterocycles. The predicted molar refractivity (Wildman–Crippen MR) is 101 cm³/mol. The third-order valence-electron chi connectivity index (χ3n) is 3.72. The summed E-state index contributed by atoms with van der Waals surface area (Å²) >= 11 is 0. The van der Waals surface area contributed by atoms with Gasteiger partial charge in [0.1, 0.15) is 11.8 Å². The van der Waals surface area contributed by atoms with Crippen LogP contribution in [0.5, 0.6) is 5.75 Å². The van der Waals surface area contributed by atoms with Gasteiger partial charge in [-0.05, 0) is 49.7 Å². The van der Waals surface area contributed by atoms with Crippen molar-refractivity contribution in [2.45, 2.75) is 25.9 Å². The summed E-state index contributed by atoms with van der Waals surface area (Å²) in [6.45, 7) is 3.97. The zero-order valence-corrected chi connectivity index (χ0v) is 14.7. The maximum absolute atomic E-state index is 12.8. The van der Waals surface area contributed by atoms with Crippen molar-refractivity contribution >= 4 is 23.5 Å². The van der Waals surface area contributed by atoms with Gasteiger partial charge in [-0.2, -0.15) is 0 Å². The third-order valence-corrected chi connectivity index (χ3v) is 3.72. The summed E-state index contributed by atoms with van der Waals surface area (Å²) < 4.78 is 5.17. The van der Waals surface area contributed by atoms with E-state index in [1.807, 2.05) is 38.1 Å². The molecule has 1 unspecified atom stereocenters. The van der Waals surface area contributed by atoms with Gasteiger partial charge in [-0.3, -0.25) is 10.1 Å². The number of hydrogen-bond acceptors (Lipinski definition) is 5. The molecule has 6 heteroatoms. The first kappa shape index (κ1) is 18.5. The average molecular weight is 340 g/mol. The van der Waals surface area contributed by atoms with E-state index in [9.17, 15) is 4.79 Å². The lowest BCUT2D eigenvalue weighted by atomic mass is 10.0. The zero-order valence-electron chi connectivity index (χ0n) is 14.7. The third kappa shape index (κ3) is 4.81. The molecule has 0 bridgehead atoms. The fourth-order valence-corrected chi connectivity index (χ4v) is 2.44. The van der Waals surface area contributed by atoms with Gasteiger partial charge >= 0.3 is 0 Å². The van der Waals surface area contributed by atoms with Crippen molar-refractivity contribution in [1.82, 2.24) is 5.32 Å². The number of nitrogen functional groups attached to an aromatic ring is 1. The zero-order chi connectivity index (χ0) is 18.4. The van der Waals surface area contributed by atoms with Crippen molar-refractivity contribution in [1.29, 1.82) is 5.41 Å². The fourth-order valence-electron chi connectivity index (χ4n) is 2.44. The van der Waals surface area contributed by atoms with Crippen LogP contribution in [0.2, 0.25) is 0 Å². The highest BCUT2D eigenvalue weighted by Gasteiger charge is 2.21. The number of carbonyl (C=O) groups is 1. The Morgan fingerprint density at radius 2 is 1.88 bits per heavy atom. The van der Waals surface area contributed by atoms with E-state index in [0.29, 0.717) is 16.9 Å². The van der Waals surface area contributed by atoms with Crippen molar-refractivity contribution in [2.24, 2.45) is 0 Å². The van der Waals surface area contributed by atoms with Gasteiger partial charge in [0.2, 0.25) is 5.91 Å². The second-order valence-electron chi connectivity index (χ2n) is 6.00. The van der Waals surface area contributed by atoms with Crippen LogP contribution in [0.1, 0.15) is 31.0 Å². The normalized spacial score (nSPS) is 11.8. The molecule has 0 aliphatic carbocycles. The maximum atomic E-state index is 12.8. The number of methoxy groups -OCH3 is 1.